The second kappa shape index (κ2) is 7.64. The van der Waals surface area contributed by atoms with Gasteiger partial charge < -0.3 is 19.8 Å². The maximum absolute atomic E-state index is 12.0. The number of alkyl halides is 3. The first-order valence-electron chi connectivity index (χ1n) is 11.0. The van der Waals surface area contributed by atoms with E-state index < -0.39 is 6.36 Å². The van der Waals surface area contributed by atoms with E-state index in [4.69, 9.17) is 5.90 Å². The Morgan fingerprint density at radius 2 is 1.53 bits per heavy atom. The number of piperidine rings is 2. The normalized spacial score (nSPS) is 32.4. The van der Waals surface area contributed by atoms with E-state index in [1.807, 2.05) is 12.1 Å². The topological polar surface area (TPSA) is 59.8 Å². The number of hydrogen-bond donors (Lipinski definition) is 2. The third kappa shape index (κ3) is 3.95. The van der Waals surface area contributed by atoms with Crippen molar-refractivity contribution in [2.45, 2.75) is 30.0 Å². The maximum atomic E-state index is 12.0. The molecule has 4 aliphatic rings. The molecule has 2 aliphatic heterocycles. The van der Waals surface area contributed by atoms with Crippen LogP contribution in [-0.2, 0) is 10.8 Å². The number of nitrogens with one attached hydrogen (secondary N) is 1. The molecule has 2 aliphatic carbocycles. The van der Waals surface area contributed by atoms with E-state index in [9.17, 15) is 13.2 Å². The molecule has 2 heterocycles. The SMILES string of the molecule is CN1CC2CC2(c2ccc(ON)cc2)C1.FC(F)(F)Oc1ccc(C23CNCC2C3)cc1. The number of benzene rings is 2. The van der Waals surface area contributed by atoms with Gasteiger partial charge in [0.2, 0.25) is 0 Å². The van der Waals surface area contributed by atoms with Crippen molar-refractivity contribution >= 4 is 0 Å². The first-order valence-corrected chi connectivity index (χ1v) is 11.0. The highest BCUT2D eigenvalue weighted by Gasteiger charge is 2.60. The summed E-state index contributed by atoms with van der Waals surface area (Å²) in [5.41, 5.74) is 3.18. The summed E-state index contributed by atoms with van der Waals surface area (Å²) in [6.45, 7) is 4.38. The number of hydrogen-bond acceptors (Lipinski definition) is 5. The van der Waals surface area contributed by atoms with Crippen molar-refractivity contribution in [1.82, 2.24) is 10.2 Å². The van der Waals surface area contributed by atoms with Crippen LogP contribution in [0, 0.1) is 11.8 Å². The summed E-state index contributed by atoms with van der Waals surface area (Å²) in [7, 11) is 2.20. The van der Waals surface area contributed by atoms with Crippen molar-refractivity contribution in [2.75, 3.05) is 33.2 Å². The van der Waals surface area contributed by atoms with Gasteiger partial charge in [-0.2, -0.15) is 5.90 Å². The number of likely N-dealkylation sites (tertiary alicyclic amines) is 1. The fourth-order valence-corrected chi connectivity index (χ4v) is 5.82. The van der Waals surface area contributed by atoms with Gasteiger partial charge in [-0.1, -0.05) is 24.3 Å². The van der Waals surface area contributed by atoms with Gasteiger partial charge in [0.1, 0.15) is 11.5 Å². The quantitative estimate of drug-likeness (QED) is 0.702. The molecule has 5 nitrogen and oxygen atoms in total. The monoisotopic (exact) mass is 447 g/mol. The van der Waals surface area contributed by atoms with Crippen LogP contribution in [0.15, 0.2) is 48.5 Å². The summed E-state index contributed by atoms with van der Waals surface area (Å²) in [4.78, 5) is 7.11. The van der Waals surface area contributed by atoms with Gasteiger partial charge in [0.25, 0.3) is 0 Å². The lowest BCUT2D eigenvalue weighted by Crippen LogP contribution is -2.22. The van der Waals surface area contributed by atoms with Crippen molar-refractivity contribution in [2.24, 2.45) is 17.7 Å². The lowest BCUT2D eigenvalue weighted by atomic mass is 9.95. The van der Waals surface area contributed by atoms with Gasteiger partial charge in [-0.05, 0) is 73.7 Å². The van der Waals surface area contributed by atoms with E-state index >= 15 is 0 Å². The Balaban J connectivity index is 0.000000136. The van der Waals surface area contributed by atoms with Gasteiger partial charge in [0.05, 0.1) is 0 Å². The molecule has 0 spiro atoms. The molecule has 0 radical (unpaired) electrons. The van der Waals surface area contributed by atoms with Crippen LogP contribution in [0.25, 0.3) is 0 Å². The summed E-state index contributed by atoms with van der Waals surface area (Å²) in [6, 6.07) is 14.5. The van der Waals surface area contributed by atoms with E-state index in [0.717, 1.165) is 36.7 Å². The molecule has 4 unspecified atom stereocenters. The van der Waals surface area contributed by atoms with E-state index in [1.54, 1.807) is 12.1 Å². The summed E-state index contributed by atoms with van der Waals surface area (Å²) >= 11 is 0. The van der Waals surface area contributed by atoms with E-state index in [0.29, 0.717) is 11.3 Å². The molecule has 0 aromatic heterocycles. The van der Waals surface area contributed by atoms with Crippen LogP contribution in [-0.4, -0.2) is 44.5 Å². The summed E-state index contributed by atoms with van der Waals surface area (Å²) < 4.78 is 39.8. The minimum Gasteiger partial charge on any atom is -0.412 e. The molecule has 2 aromatic rings. The van der Waals surface area contributed by atoms with Crippen LogP contribution in [0.3, 0.4) is 0 Å². The zero-order chi connectivity index (χ0) is 22.6. The van der Waals surface area contributed by atoms with Crippen molar-refractivity contribution in [3.8, 4) is 11.5 Å². The second-order valence-electron chi connectivity index (χ2n) is 9.66. The largest absolute Gasteiger partial charge is 0.573 e. The predicted molar refractivity (Wildman–Crippen MR) is 114 cm³/mol. The Kier molecular flexibility index (Phi) is 5.15. The Hall–Kier alpha value is -2.29. The van der Waals surface area contributed by atoms with Gasteiger partial charge >= 0.3 is 6.36 Å². The average molecular weight is 448 g/mol. The molecule has 4 fully saturated rings. The molecule has 3 N–H and O–H groups in total. The molecule has 2 saturated heterocycles. The van der Waals surface area contributed by atoms with Crippen molar-refractivity contribution in [3.63, 3.8) is 0 Å². The Morgan fingerprint density at radius 3 is 2.00 bits per heavy atom. The number of nitrogens with zero attached hydrogens (tertiary/aromatic N) is 1. The third-order valence-electron chi connectivity index (χ3n) is 7.61. The molecule has 2 aromatic carbocycles. The lowest BCUT2D eigenvalue weighted by molar-refractivity contribution is -0.274. The zero-order valence-electron chi connectivity index (χ0n) is 18.0. The number of nitrogens with two attached hydrogens (primary N) is 1. The number of ether oxygens (including phenoxy) is 1. The number of likely N-dealkylation sites (N-methyl/N-ethyl adjacent to an activating group) is 1. The summed E-state index contributed by atoms with van der Waals surface area (Å²) in [6.07, 6.45) is -2.13. The number of fused-ring (bicyclic) bond motifs is 2. The zero-order valence-corrected chi connectivity index (χ0v) is 18.0. The highest BCUT2D eigenvalue weighted by atomic mass is 19.4. The van der Waals surface area contributed by atoms with Crippen LogP contribution in [0.4, 0.5) is 13.2 Å². The molecule has 4 atom stereocenters. The first kappa shape index (κ1) is 21.6. The highest BCUT2D eigenvalue weighted by Crippen LogP contribution is 2.58. The standard InChI is InChI=1S/C12H12F3NO.C12H16N2O/c13-12(14,15)17-10-3-1-8(2-4-10)11-5-9(11)6-16-7-11;1-14-7-10-6-12(10,8-14)9-2-4-11(15-13)5-3-9/h1-4,9,16H,5-7H2;2-5,10H,6-8,13H2,1H3. The van der Waals surface area contributed by atoms with E-state index in [2.05, 4.69) is 39.0 Å². The van der Waals surface area contributed by atoms with Crippen LogP contribution in [0.5, 0.6) is 11.5 Å². The fraction of sp³-hybridized carbons (Fsp3) is 0.500. The lowest BCUT2D eigenvalue weighted by Gasteiger charge is -2.16. The average Bonchev–Trinajstić information content (AvgIpc) is 3.56. The van der Waals surface area contributed by atoms with Crippen molar-refractivity contribution in [1.29, 1.82) is 0 Å². The molecular formula is C24H28F3N3O2. The van der Waals surface area contributed by atoms with Gasteiger partial charge in [0.15, 0.2) is 0 Å². The molecule has 0 bridgehead atoms. The third-order valence-corrected chi connectivity index (χ3v) is 7.61. The van der Waals surface area contributed by atoms with E-state index in [-0.39, 0.29) is 11.2 Å². The fourth-order valence-electron chi connectivity index (χ4n) is 5.82. The molecular weight excluding hydrogens is 419 g/mol. The molecule has 32 heavy (non-hydrogen) atoms. The van der Waals surface area contributed by atoms with Crippen LogP contribution in [0.1, 0.15) is 24.0 Å². The predicted octanol–water partition coefficient (Wildman–Crippen LogP) is 3.59. The van der Waals surface area contributed by atoms with Crippen LogP contribution in [0.2, 0.25) is 0 Å². The van der Waals surface area contributed by atoms with Gasteiger partial charge in [-0.3, -0.25) is 0 Å². The van der Waals surface area contributed by atoms with Gasteiger partial charge in [0, 0.05) is 30.5 Å². The van der Waals surface area contributed by atoms with Gasteiger partial charge in [-0.25, -0.2) is 0 Å². The van der Waals surface area contributed by atoms with E-state index in [1.165, 1.54) is 37.2 Å². The molecule has 8 heteroatoms. The van der Waals surface area contributed by atoms with Crippen molar-refractivity contribution < 1.29 is 22.7 Å². The van der Waals surface area contributed by atoms with Gasteiger partial charge in [-0.15, -0.1) is 13.2 Å². The molecule has 2 saturated carbocycles. The summed E-state index contributed by atoms with van der Waals surface area (Å²) in [5, 5.41) is 3.30. The van der Waals surface area contributed by atoms with Crippen LogP contribution < -0.4 is 20.8 Å². The molecule has 0 amide bonds. The number of rotatable bonds is 4. The second-order valence-corrected chi connectivity index (χ2v) is 9.66. The Bertz CT molecular complexity index is 966. The Morgan fingerprint density at radius 1 is 0.938 bits per heavy atom. The van der Waals surface area contributed by atoms with Crippen molar-refractivity contribution in [3.05, 3.63) is 59.7 Å². The summed E-state index contributed by atoms with van der Waals surface area (Å²) in [5.74, 6) is 7.21. The highest BCUT2D eigenvalue weighted by molar-refractivity contribution is 5.41. The molecule has 6 rings (SSSR count). The minimum atomic E-state index is -4.61. The van der Waals surface area contributed by atoms with Crippen LogP contribution >= 0.6 is 0 Å². The number of halogens is 3. The first-order chi connectivity index (χ1) is 15.2. The Labute approximate surface area is 185 Å². The molecule has 172 valence electrons. The minimum absolute atomic E-state index is 0.152. The smallest absolute Gasteiger partial charge is 0.412 e. The maximum Gasteiger partial charge on any atom is 0.573 e.